The minimum atomic E-state index is -4.53. The lowest BCUT2D eigenvalue weighted by Gasteiger charge is -2.14. The summed E-state index contributed by atoms with van der Waals surface area (Å²) in [5, 5.41) is 7.50. The molecule has 1 aliphatic heterocycles. The van der Waals surface area contributed by atoms with Gasteiger partial charge in [0, 0.05) is 13.1 Å². The summed E-state index contributed by atoms with van der Waals surface area (Å²) in [6.45, 7) is 1.24. The number of hydrogen-bond acceptors (Lipinski definition) is 3. The van der Waals surface area contributed by atoms with Crippen LogP contribution in [-0.2, 0) is 6.18 Å². The Morgan fingerprint density at radius 3 is 2.64 bits per heavy atom. The van der Waals surface area contributed by atoms with Crippen LogP contribution in [0, 0.1) is 0 Å². The molecular weight excluding hydrogens is 321 g/mol. The molecule has 0 fully saturated rings. The maximum atomic E-state index is 12.8. The number of alkyl halides is 3. The van der Waals surface area contributed by atoms with Crippen LogP contribution in [0.2, 0.25) is 0 Å². The van der Waals surface area contributed by atoms with E-state index in [2.05, 4.69) is 20.9 Å². The fourth-order valence-electron chi connectivity index (χ4n) is 1.87. The van der Waals surface area contributed by atoms with Gasteiger partial charge in [-0.2, -0.15) is 13.2 Å². The van der Waals surface area contributed by atoms with Crippen molar-refractivity contribution < 1.29 is 18.0 Å². The van der Waals surface area contributed by atoms with Gasteiger partial charge in [-0.3, -0.25) is 10.3 Å². The summed E-state index contributed by atoms with van der Waals surface area (Å²) in [6, 6.07) is 4.04. The Morgan fingerprint density at radius 1 is 1.18 bits per heavy atom. The molecule has 1 heterocycles. The number of amides is 2. The second-order valence-electron chi connectivity index (χ2n) is 4.49. The smallest absolute Gasteiger partial charge is 0.356 e. The first-order chi connectivity index (χ1) is 9.97. The van der Waals surface area contributed by atoms with Crippen LogP contribution in [0.1, 0.15) is 18.4 Å². The Bertz CT molecular complexity index is 548. The van der Waals surface area contributed by atoms with Crippen LogP contribution >= 0.6 is 12.4 Å². The molecule has 22 heavy (non-hydrogen) atoms. The fraction of sp³-hybridized carbons (Fsp3) is 0.385. The van der Waals surface area contributed by atoms with Gasteiger partial charge >= 0.3 is 12.2 Å². The summed E-state index contributed by atoms with van der Waals surface area (Å²) < 4.78 is 38.4. The van der Waals surface area contributed by atoms with Crippen molar-refractivity contribution in [1.29, 1.82) is 0 Å². The Hall–Kier alpha value is -1.96. The predicted octanol–water partition coefficient (Wildman–Crippen LogP) is 2.99. The summed E-state index contributed by atoms with van der Waals surface area (Å²) >= 11 is 0. The average molecular weight is 337 g/mol. The molecule has 0 bridgehead atoms. The van der Waals surface area contributed by atoms with Crippen molar-refractivity contribution >= 4 is 30.1 Å². The number of guanidine groups is 1. The van der Waals surface area contributed by atoms with Gasteiger partial charge in [0.2, 0.25) is 0 Å². The molecule has 0 unspecified atom stereocenters. The van der Waals surface area contributed by atoms with Gasteiger partial charge in [0.1, 0.15) is 0 Å². The molecule has 0 saturated carbocycles. The van der Waals surface area contributed by atoms with E-state index in [4.69, 9.17) is 0 Å². The molecule has 9 heteroatoms. The molecule has 0 spiro atoms. The van der Waals surface area contributed by atoms with Gasteiger partial charge in [-0.25, -0.2) is 4.79 Å². The number of nitrogens with zero attached hydrogens (tertiary/aromatic N) is 1. The van der Waals surface area contributed by atoms with E-state index in [-0.39, 0.29) is 24.1 Å². The normalized spacial score (nSPS) is 14.8. The molecule has 0 aromatic heterocycles. The van der Waals surface area contributed by atoms with E-state index in [1.807, 2.05) is 0 Å². The second kappa shape index (κ2) is 7.88. The van der Waals surface area contributed by atoms with Gasteiger partial charge in [0.25, 0.3) is 0 Å². The van der Waals surface area contributed by atoms with Crippen LogP contribution in [0.25, 0.3) is 0 Å². The van der Waals surface area contributed by atoms with Crippen molar-refractivity contribution in [2.45, 2.75) is 19.0 Å². The van der Waals surface area contributed by atoms with Crippen molar-refractivity contribution in [2.24, 2.45) is 4.99 Å². The van der Waals surface area contributed by atoms with Gasteiger partial charge in [-0.05, 0) is 25.0 Å². The van der Waals surface area contributed by atoms with Gasteiger partial charge in [0.05, 0.1) is 11.3 Å². The number of anilines is 1. The molecule has 0 saturated heterocycles. The zero-order valence-electron chi connectivity index (χ0n) is 11.5. The number of para-hydroxylation sites is 1. The van der Waals surface area contributed by atoms with E-state index >= 15 is 0 Å². The van der Waals surface area contributed by atoms with Crippen molar-refractivity contribution in [3.05, 3.63) is 29.8 Å². The highest BCUT2D eigenvalue weighted by Gasteiger charge is 2.33. The van der Waals surface area contributed by atoms with Crippen molar-refractivity contribution in [1.82, 2.24) is 10.6 Å². The van der Waals surface area contributed by atoms with E-state index in [1.54, 1.807) is 0 Å². The van der Waals surface area contributed by atoms with Gasteiger partial charge < -0.3 is 10.6 Å². The molecule has 0 atom stereocenters. The minimum absolute atomic E-state index is 0. The lowest BCUT2D eigenvalue weighted by atomic mass is 10.1. The summed E-state index contributed by atoms with van der Waals surface area (Å²) in [6.07, 6.45) is -2.70. The summed E-state index contributed by atoms with van der Waals surface area (Å²) in [5.74, 6) is 0.273. The van der Waals surface area contributed by atoms with Crippen LogP contribution in [0.4, 0.5) is 23.7 Å². The minimum Gasteiger partial charge on any atom is -0.356 e. The number of carbonyl (C=O) groups excluding carboxylic acids is 1. The van der Waals surface area contributed by atoms with Gasteiger partial charge in [0.15, 0.2) is 5.96 Å². The zero-order chi connectivity index (χ0) is 15.3. The van der Waals surface area contributed by atoms with E-state index in [1.165, 1.54) is 18.2 Å². The topological polar surface area (TPSA) is 65.5 Å². The highest BCUT2D eigenvalue weighted by molar-refractivity contribution is 6.02. The third-order valence-electron chi connectivity index (χ3n) is 2.86. The lowest BCUT2D eigenvalue weighted by molar-refractivity contribution is -0.136. The third-order valence-corrected chi connectivity index (χ3v) is 2.86. The summed E-state index contributed by atoms with van der Waals surface area (Å²) in [4.78, 5) is 15.8. The predicted molar refractivity (Wildman–Crippen MR) is 80.4 cm³/mol. The van der Waals surface area contributed by atoms with E-state index in [9.17, 15) is 18.0 Å². The standard InChI is InChI=1S/C13H15F3N4O.ClH/c14-13(15,16)9-5-1-2-6-10(9)19-12(21)20-11-17-7-3-4-8-18-11;/h1-2,5-6H,3-4,7-8H2,(H3,17,18,19,20,21);1H. The Labute approximate surface area is 131 Å². The zero-order valence-corrected chi connectivity index (χ0v) is 12.4. The van der Waals surface area contributed by atoms with Crippen LogP contribution in [-0.4, -0.2) is 25.1 Å². The summed E-state index contributed by atoms with van der Waals surface area (Å²) in [5.41, 5.74) is -1.19. The van der Waals surface area contributed by atoms with Crippen LogP contribution in [0.3, 0.4) is 0 Å². The van der Waals surface area contributed by atoms with Crippen LogP contribution in [0.15, 0.2) is 29.3 Å². The molecule has 1 aromatic rings. The lowest BCUT2D eigenvalue weighted by Crippen LogP contribution is -2.43. The fourth-order valence-corrected chi connectivity index (χ4v) is 1.87. The third kappa shape index (κ3) is 5.10. The molecule has 0 radical (unpaired) electrons. The number of benzene rings is 1. The highest BCUT2D eigenvalue weighted by Crippen LogP contribution is 2.34. The first-order valence-corrected chi connectivity index (χ1v) is 6.49. The number of urea groups is 1. The van der Waals surface area contributed by atoms with E-state index in [0.717, 1.165) is 18.9 Å². The number of nitrogens with one attached hydrogen (secondary N) is 3. The molecule has 0 aliphatic carbocycles. The second-order valence-corrected chi connectivity index (χ2v) is 4.49. The first-order valence-electron chi connectivity index (χ1n) is 6.49. The number of aliphatic imine (C=N–C) groups is 1. The quantitative estimate of drug-likeness (QED) is 0.738. The van der Waals surface area contributed by atoms with Gasteiger partial charge in [-0.15, -0.1) is 12.4 Å². The number of carbonyl (C=O) groups is 1. The highest BCUT2D eigenvalue weighted by atomic mass is 35.5. The van der Waals surface area contributed by atoms with Gasteiger partial charge in [-0.1, -0.05) is 12.1 Å². The molecule has 122 valence electrons. The monoisotopic (exact) mass is 336 g/mol. The Morgan fingerprint density at radius 2 is 1.91 bits per heavy atom. The van der Waals surface area contributed by atoms with E-state index in [0.29, 0.717) is 13.1 Å². The number of halogens is 4. The first kappa shape index (κ1) is 18.1. The maximum absolute atomic E-state index is 12.8. The average Bonchev–Trinajstić information content (AvgIpc) is 2.66. The molecule has 5 nitrogen and oxygen atoms in total. The van der Waals surface area contributed by atoms with Crippen LogP contribution in [0.5, 0.6) is 0 Å². The molecule has 2 amide bonds. The largest absolute Gasteiger partial charge is 0.418 e. The van der Waals surface area contributed by atoms with E-state index < -0.39 is 17.8 Å². The molecule has 3 N–H and O–H groups in total. The number of hydrogen-bond donors (Lipinski definition) is 3. The van der Waals surface area contributed by atoms with Crippen molar-refractivity contribution in [3.8, 4) is 0 Å². The van der Waals surface area contributed by atoms with Crippen LogP contribution < -0.4 is 16.0 Å². The SMILES string of the molecule is Cl.O=C(NC1=NCCCCN1)Nc1ccccc1C(F)(F)F. The molecule has 1 aliphatic rings. The Kier molecular flexibility index (Phi) is 6.48. The summed E-state index contributed by atoms with van der Waals surface area (Å²) in [7, 11) is 0. The molecule has 2 rings (SSSR count). The molecular formula is C13H16ClF3N4O. The Balaban J connectivity index is 0.00000242. The number of rotatable bonds is 1. The van der Waals surface area contributed by atoms with Crippen molar-refractivity contribution in [2.75, 3.05) is 18.4 Å². The maximum Gasteiger partial charge on any atom is 0.418 e. The molecule has 1 aromatic carbocycles. The van der Waals surface area contributed by atoms with Crippen molar-refractivity contribution in [3.63, 3.8) is 0 Å².